The molecule has 3 nitrogen and oxygen atoms in total. The number of nitrogen functional groups attached to an aromatic ring is 1. The number of benzene rings is 1. The molecule has 0 saturated heterocycles. The lowest BCUT2D eigenvalue weighted by atomic mass is 10.0. The van der Waals surface area contributed by atoms with Crippen molar-refractivity contribution >= 4 is 33.6 Å². The van der Waals surface area contributed by atoms with Gasteiger partial charge in [-0.15, -0.1) is 11.3 Å². The summed E-state index contributed by atoms with van der Waals surface area (Å²) in [6.07, 6.45) is 1.81. The summed E-state index contributed by atoms with van der Waals surface area (Å²) in [5.41, 5.74) is 8.68. The molecule has 0 radical (unpaired) electrons. The first-order valence-corrected chi connectivity index (χ1v) is 7.98. The summed E-state index contributed by atoms with van der Waals surface area (Å²) in [6.45, 7) is 4.46. The molecule has 1 atom stereocenters. The minimum Gasteiger partial charge on any atom is -0.397 e. The van der Waals surface area contributed by atoms with E-state index in [1.54, 1.807) is 11.3 Å². The second kappa shape index (κ2) is 5.74. The Balaban J connectivity index is 2.02. The van der Waals surface area contributed by atoms with Crippen LogP contribution in [0.4, 0.5) is 11.4 Å². The van der Waals surface area contributed by atoms with Crippen molar-refractivity contribution in [1.82, 2.24) is 4.98 Å². The van der Waals surface area contributed by atoms with Gasteiger partial charge in [0, 0.05) is 22.1 Å². The molecule has 1 unspecified atom stereocenters. The molecule has 4 heteroatoms. The lowest BCUT2D eigenvalue weighted by molar-refractivity contribution is 0.554. The van der Waals surface area contributed by atoms with Crippen LogP contribution in [0.5, 0.6) is 0 Å². The molecule has 2 aromatic heterocycles. The summed E-state index contributed by atoms with van der Waals surface area (Å²) >= 11 is 1.78. The van der Waals surface area contributed by atoms with Crippen LogP contribution in [0.25, 0.3) is 10.9 Å². The third-order valence-corrected chi connectivity index (χ3v) is 4.59. The van der Waals surface area contributed by atoms with Crippen LogP contribution in [0.2, 0.25) is 0 Å². The number of aromatic nitrogens is 1. The van der Waals surface area contributed by atoms with Crippen LogP contribution < -0.4 is 11.1 Å². The molecule has 21 heavy (non-hydrogen) atoms. The fourth-order valence-corrected chi connectivity index (χ4v) is 3.48. The maximum atomic E-state index is 6.02. The molecule has 0 spiro atoms. The lowest BCUT2D eigenvalue weighted by Crippen LogP contribution is -2.15. The minimum atomic E-state index is 0.289. The molecular weight excluding hydrogens is 278 g/mol. The Morgan fingerprint density at radius 3 is 2.71 bits per heavy atom. The van der Waals surface area contributed by atoms with Gasteiger partial charge in [-0.2, -0.15) is 0 Å². The van der Waals surface area contributed by atoms with Crippen LogP contribution >= 0.6 is 11.3 Å². The zero-order valence-corrected chi connectivity index (χ0v) is 13.0. The van der Waals surface area contributed by atoms with Crippen LogP contribution in [0.3, 0.4) is 0 Å². The average Bonchev–Trinajstić information content (AvgIpc) is 2.99. The molecule has 0 bridgehead atoms. The molecule has 0 aliphatic rings. The zero-order chi connectivity index (χ0) is 14.8. The van der Waals surface area contributed by atoms with Crippen molar-refractivity contribution in [3.05, 3.63) is 52.9 Å². The summed E-state index contributed by atoms with van der Waals surface area (Å²) < 4.78 is 0. The predicted molar refractivity (Wildman–Crippen MR) is 91.7 cm³/mol. The number of nitrogens with zero attached hydrogens (tertiary/aromatic N) is 1. The second-order valence-electron chi connectivity index (χ2n) is 5.48. The summed E-state index contributed by atoms with van der Waals surface area (Å²) in [6, 6.07) is 12.5. The van der Waals surface area contributed by atoms with E-state index in [4.69, 9.17) is 5.73 Å². The molecule has 0 amide bonds. The predicted octanol–water partition coefficient (Wildman–Crippen LogP) is 4.69. The van der Waals surface area contributed by atoms with Crippen molar-refractivity contribution in [3.63, 3.8) is 0 Å². The first-order chi connectivity index (χ1) is 10.2. The van der Waals surface area contributed by atoms with Gasteiger partial charge in [0.2, 0.25) is 0 Å². The number of anilines is 2. The van der Waals surface area contributed by atoms with Crippen LogP contribution in [0, 0.1) is 5.92 Å². The Morgan fingerprint density at radius 1 is 1.14 bits per heavy atom. The normalized spacial score (nSPS) is 12.7. The van der Waals surface area contributed by atoms with Gasteiger partial charge in [0.1, 0.15) is 0 Å². The number of hydrogen-bond acceptors (Lipinski definition) is 4. The number of nitrogens with two attached hydrogens (primary N) is 1. The second-order valence-corrected chi connectivity index (χ2v) is 6.46. The number of pyridine rings is 1. The monoisotopic (exact) mass is 297 g/mol. The summed E-state index contributed by atoms with van der Waals surface area (Å²) in [4.78, 5) is 5.74. The van der Waals surface area contributed by atoms with E-state index in [-0.39, 0.29) is 6.04 Å². The molecule has 1 aromatic carbocycles. The largest absolute Gasteiger partial charge is 0.397 e. The summed E-state index contributed by atoms with van der Waals surface area (Å²) in [5, 5.41) is 6.86. The maximum Gasteiger partial charge on any atom is 0.0951 e. The Kier molecular flexibility index (Phi) is 3.80. The molecule has 108 valence electrons. The van der Waals surface area contributed by atoms with E-state index in [9.17, 15) is 0 Å². The van der Waals surface area contributed by atoms with Gasteiger partial charge in [-0.3, -0.25) is 4.98 Å². The molecule has 0 fully saturated rings. The molecule has 2 heterocycles. The van der Waals surface area contributed by atoms with Crippen molar-refractivity contribution in [1.29, 1.82) is 0 Å². The highest BCUT2D eigenvalue weighted by Gasteiger charge is 2.17. The van der Waals surface area contributed by atoms with Crippen LogP contribution in [-0.2, 0) is 0 Å². The van der Waals surface area contributed by atoms with Crippen molar-refractivity contribution in [3.8, 4) is 0 Å². The van der Waals surface area contributed by atoms with Gasteiger partial charge >= 0.3 is 0 Å². The maximum absolute atomic E-state index is 6.02. The number of rotatable bonds is 4. The van der Waals surface area contributed by atoms with E-state index in [1.807, 2.05) is 24.4 Å². The van der Waals surface area contributed by atoms with Gasteiger partial charge < -0.3 is 11.1 Å². The third-order valence-electron chi connectivity index (χ3n) is 3.63. The quantitative estimate of drug-likeness (QED) is 0.687. The molecular formula is C17H19N3S. The molecule has 0 aliphatic heterocycles. The summed E-state index contributed by atoms with van der Waals surface area (Å²) in [5.74, 6) is 0.493. The van der Waals surface area contributed by atoms with E-state index in [2.05, 4.69) is 47.7 Å². The summed E-state index contributed by atoms with van der Waals surface area (Å²) in [7, 11) is 0. The first kappa shape index (κ1) is 13.9. The van der Waals surface area contributed by atoms with Crippen molar-refractivity contribution < 1.29 is 0 Å². The first-order valence-electron chi connectivity index (χ1n) is 7.10. The SMILES string of the molecule is CC(C)C(Nc1ccnc2c(N)cccc12)c1cccs1. The van der Waals surface area contributed by atoms with Gasteiger partial charge in [-0.05, 0) is 29.5 Å². The fraction of sp³-hybridized carbons (Fsp3) is 0.235. The molecule has 0 saturated carbocycles. The van der Waals surface area contributed by atoms with E-state index in [0.29, 0.717) is 11.6 Å². The Labute approximate surface area is 128 Å². The van der Waals surface area contributed by atoms with Gasteiger partial charge in [0.25, 0.3) is 0 Å². The van der Waals surface area contributed by atoms with E-state index in [0.717, 1.165) is 16.6 Å². The number of hydrogen-bond donors (Lipinski definition) is 2. The zero-order valence-electron chi connectivity index (χ0n) is 12.2. The Hall–Kier alpha value is -2.07. The van der Waals surface area contributed by atoms with Crippen LogP contribution in [0.1, 0.15) is 24.8 Å². The van der Waals surface area contributed by atoms with Crippen LogP contribution in [0.15, 0.2) is 48.0 Å². The van der Waals surface area contributed by atoms with Crippen molar-refractivity contribution in [2.45, 2.75) is 19.9 Å². The lowest BCUT2D eigenvalue weighted by Gasteiger charge is -2.23. The standard InChI is InChI=1S/C17H19N3S/c1-11(2)16(15-7-4-10-21-15)20-14-8-9-19-17-12(14)5-3-6-13(17)18/h3-11,16H,18H2,1-2H3,(H,19,20). The van der Waals surface area contributed by atoms with Crippen molar-refractivity contribution in [2.75, 3.05) is 11.1 Å². The van der Waals surface area contributed by atoms with E-state index >= 15 is 0 Å². The van der Waals surface area contributed by atoms with E-state index in [1.165, 1.54) is 4.88 Å². The highest BCUT2D eigenvalue weighted by Crippen LogP contribution is 2.33. The smallest absolute Gasteiger partial charge is 0.0951 e. The van der Waals surface area contributed by atoms with Crippen molar-refractivity contribution in [2.24, 2.45) is 5.92 Å². The molecule has 3 aromatic rings. The number of para-hydroxylation sites is 1. The highest BCUT2D eigenvalue weighted by molar-refractivity contribution is 7.10. The average molecular weight is 297 g/mol. The fourth-order valence-electron chi connectivity index (χ4n) is 2.53. The molecule has 3 N–H and O–H groups in total. The van der Waals surface area contributed by atoms with E-state index < -0.39 is 0 Å². The molecule has 3 rings (SSSR count). The Bertz CT molecular complexity index is 735. The van der Waals surface area contributed by atoms with Gasteiger partial charge in [-0.1, -0.05) is 32.0 Å². The van der Waals surface area contributed by atoms with Crippen LogP contribution in [-0.4, -0.2) is 4.98 Å². The third kappa shape index (κ3) is 2.72. The highest BCUT2D eigenvalue weighted by atomic mass is 32.1. The molecule has 0 aliphatic carbocycles. The minimum absolute atomic E-state index is 0.289. The number of thiophene rings is 1. The van der Waals surface area contributed by atoms with Gasteiger partial charge in [0.05, 0.1) is 17.2 Å². The topological polar surface area (TPSA) is 50.9 Å². The van der Waals surface area contributed by atoms with Gasteiger partial charge in [0.15, 0.2) is 0 Å². The number of fused-ring (bicyclic) bond motifs is 1. The Morgan fingerprint density at radius 2 is 2.00 bits per heavy atom. The number of nitrogens with one attached hydrogen (secondary N) is 1. The van der Waals surface area contributed by atoms with Gasteiger partial charge in [-0.25, -0.2) is 0 Å².